The van der Waals surface area contributed by atoms with Gasteiger partial charge >= 0.3 is 5.97 Å². The zero-order valence-electron chi connectivity index (χ0n) is 10.2. The normalized spacial score (nSPS) is 10.0. The van der Waals surface area contributed by atoms with Crippen LogP contribution in [0.15, 0.2) is 30.3 Å². The van der Waals surface area contributed by atoms with Gasteiger partial charge in [0.25, 0.3) is 0 Å². The lowest BCUT2D eigenvalue weighted by Gasteiger charge is -2.05. The topological polar surface area (TPSA) is 78.4 Å². The van der Waals surface area contributed by atoms with Crippen LogP contribution in [0.25, 0.3) is 0 Å². The maximum absolute atomic E-state index is 11.1. The summed E-state index contributed by atoms with van der Waals surface area (Å²) in [6, 6.07) is 10.1. The van der Waals surface area contributed by atoms with E-state index in [1.165, 1.54) is 5.56 Å². The Kier molecular flexibility index (Phi) is 6.50. The molecule has 1 rings (SSSR count). The summed E-state index contributed by atoms with van der Waals surface area (Å²) < 4.78 is 0. The van der Waals surface area contributed by atoms with Gasteiger partial charge in [0.05, 0.1) is 6.54 Å². The van der Waals surface area contributed by atoms with Crippen molar-refractivity contribution >= 4 is 11.9 Å². The van der Waals surface area contributed by atoms with Gasteiger partial charge in [-0.05, 0) is 24.9 Å². The van der Waals surface area contributed by atoms with E-state index in [4.69, 9.17) is 5.11 Å². The van der Waals surface area contributed by atoms with Crippen LogP contribution in [-0.4, -0.2) is 36.6 Å². The van der Waals surface area contributed by atoms with Gasteiger partial charge in [-0.1, -0.05) is 30.3 Å². The molecule has 0 aliphatic rings. The fraction of sp³-hybridized carbons (Fsp3) is 0.385. The number of hydrogen-bond acceptors (Lipinski definition) is 3. The first kappa shape index (κ1) is 14.2. The predicted octanol–water partition coefficient (Wildman–Crippen LogP) is 0.410. The monoisotopic (exact) mass is 250 g/mol. The third-order valence-electron chi connectivity index (χ3n) is 2.38. The molecule has 0 fully saturated rings. The van der Waals surface area contributed by atoms with Crippen LogP contribution in [0.3, 0.4) is 0 Å². The Labute approximate surface area is 106 Å². The maximum Gasteiger partial charge on any atom is 0.322 e. The molecule has 0 bridgehead atoms. The fourth-order valence-corrected chi connectivity index (χ4v) is 1.50. The molecule has 3 N–H and O–H groups in total. The Morgan fingerprint density at radius 1 is 1.11 bits per heavy atom. The minimum atomic E-state index is -1.03. The molecule has 5 heteroatoms. The first-order valence-corrected chi connectivity index (χ1v) is 5.91. The smallest absolute Gasteiger partial charge is 0.322 e. The van der Waals surface area contributed by atoms with Crippen LogP contribution in [-0.2, 0) is 16.0 Å². The highest BCUT2D eigenvalue weighted by molar-refractivity contribution is 5.82. The van der Waals surface area contributed by atoms with Crippen LogP contribution in [0, 0.1) is 0 Å². The number of carboxylic acids is 1. The van der Waals surface area contributed by atoms with Crippen molar-refractivity contribution in [2.45, 2.75) is 12.8 Å². The van der Waals surface area contributed by atoms with Gasteiger partial charge < -0.3 is 15.7 Å². The summed E-state index contributed by atoms with van der Waals surface area (Å²) in [4.78, 5) is 21.3. The molecule has 0 aromatic heterocycles. The second-order valence-electron chi connectivity index (χ2n) is 3.94. The minimum absolute atomic E-state index is 0.155. The summed E-state index contributed by atoms with van der Waals surface area (Å²) in [6.45, 7) is 0.558. The highest BCUT2D eigenvalue weighted by atomic mass is 16.4. The van der Waals surface area contributed by atoms with Gasteiger partial charge in [0.2, 0.25) is 5.91 Å². The molecule has 0 radical (unpaired) electrons. The lowest BCUT2D eigenvalue weighted by atomic mass is 10.1. The van der Waals surface area contributed by atoms with Crippen LogP contribution >= 0.6 is 0 Å². The summed E-state index contributed by atoms with van der Waals surface area (Å²) in [5, 5.41) is 13.6. The van der Waals surface area contributed by atoms with Crippen molar-refractivity contribution in [1.29, 1.82) is 0 Å². The first-order valence-electron chi connectivity index (χ1n) is 5.91. The second-order valence-corrected chi connectivity index (χ2v) is 3.94. The molecule has 0 spiro atoms. The Morgan fingerprint density at radius 3 is 2.50 bits per heavy atom. The third-order valence-corrected chi connectivity index (χ3v) is 2.38. The van der Waals surface area contributed by atoms with E-state index in [1.54, 1.807) is 0 Å². The van der Waals surface area contributed by atoms with Crippen LogP contribution in [0.4, 0.5) is 0 Å². The molecule has 1 aromatic rings. The second kappa shape index (κ2) is 8.25. The molecule has 0 aliphatic carbocycles. The molecule has 98 valence electrons. The highest BCUT2D eigenvalue weighted by Gasteiger charge is 2.02. The van der Waals surface area contributed by atoms with Gasteiger partial charge in [0.1, 0.15) is 6.54 Å². The molecule has 0 unspecified atom stereocenters. The third kappa shape index (κ3) is 6.65. The van der Waals surface area contributed by atoms with E-state index in [9.17, 15) is 9.59 Å². The van der Waals surface area contributed by atoms with Crippen molar-refractivity contribution in [3.63, 3.8) is 0 Å². The van der Waals surface area contributed by atoms with E-state index in [1.807, 2.05) is 18.2 Å². The summed E-state index contributed by atoms with van der Waals surface area (Å²) >= 11 is 0. The van der Waals surface area contributed by atoms with E-state index in [2.05, 4.69) is 22.8 Å². The minimum Gasteiger partial charge on any atom is -0.480 e. The van der Waals surface area contributed by atoms with Crippen LogP contribution in [0.5, 0.6) is 0 Å². The van der Waals surface area contributed by atoms with Crippen LogP contribution < -0.4 is 10.6 Å². The summed E-state index contributed by atoms with van der Waals surface area (Å²) in [5.41, 5.74) is 1.27. The number of carbonyl (C=O) groups excluding carboxylic acids is 1. The van der Waals surface area contributed by atoms with Crippen molar-refractivity contribution < 1.29 is 14.7 Å². The molecule has 0 saturated heterocycles. The quantitative estimate of drug-likeness (QED) is 0.584. The lowest BCUT2D eigenvalue weighted by molar-refractivity contribution is -0.137. The average Bonchev–Trinajstić information content (AvgIpc) is 2.37. The van der Waals surface area contributed by atoms with Crippen molar-refractivity contribution in [3.8, 4) is 0 Å². The number of carbonyl (C=O) groups is 2. The van der Waals surface area contributed by atoms with Crippen LogP contribution in [0.2, 0.25) is 0 Å². The van der Waals surface area contributed by atoms with E-state index in [0.717, 1.165) is 19.4 Å². The fourth-order valence-electron chi connectivity index (χ4n) is 1.50. The number of nitrogens with one attached hydrogen (secondary N) is 2. The molecule has 18 heavy (non-hydrogen) atoms. The molecule has 0 saturated carbocycles. The van der Waals surface area contributed by atoms with Crippen molar-refractivity contribution in [2.75, 3.05) is 19.6 Å². The Hall–Kier alpha value is -1.88. The number of benzene rings is 1. The van der Waals surface area contributed by atoms with Gasteiger partial charge in [-0.25, -0.2) is 0 Å². The lowest BCUT2D eigenvalue weighted by Crippen LogP contribution is -2.37. The van der Waals surface area contributed by atoms with Crippen LogP contribution in [0.1, 0.15) is 12.0 Å². The van der Waals surface area contributed by atoms with E-state index >= 15 is 0 Å². The number of hydrogen-bond donors (Lipinski definition) is 3. The Bertz CT molecular complexity index is 379. The highest BCUT2D eigenvalue weighted by Crippen LogP contribution is 2.01. The summed E-state index contributed by atoms with van der Waals surface area (Å²) in [5.74, 6) is -1.33. The van der Waals surface area contributed by atoms with Gasteiger partial charge in [0, 0.05) is 0 Å². The van der Waals surface area contributed by atoms with Crippen molar-refractivity contribution in [1.82, 2.24) is 10.6 Å². The molecule has 5 nitrogen and oxygen atoms in total. The zero-order chi connectivity index (χ0) is 13.2. The molecular weight excluding hydrogens is 232 g/mol. The number of amides is 1. The molecule has 1 aromatic carbocycles. The van der Waals surface area contributed by atoms with Crippen molar-refractivity contribution in [3.05, 3.63) is 35.9 Å². The van der Waals surface area contributed by atoms with E-state index in [0.29, 0.717) is 0 Å². The molecule has 0 atom stereocenters. The van der Waals surface area contributed by atoms with E-state index < -0.39 is 5.97 Å². The van der Waals surface area contributed by atoms with Gasteiger partial charge in [-0.3, -0.25) is 9.59 Å². The number of carboxylic acid groups (broad SMARTS) is 1. The number of aryl methyl sites for hydroxylation is 1. The first-order chi connectivity index (χ1) is 8.68. The number of aliphatic carboxylic acids is 1. The Morgan fingerprint density at radius 2 is 1.83 bits per heavy atom. The SMILES string of the molecule is O=C(O)CNC(=O)CNCCCc1ccccc1. The summed E-state index contributed by atoms with van der Waals surface area (Å²) in [6.07, 6.45) is 1.90. The van der Waals surface area contributed by atoms with E-state index in [-0.39, 0.29) is 19.0 Å². The standard InChI is InChI=1S/C13H18N2O3/c16-12(15-10-13(17)18)9-14-8-4-7-11-5-2-1-3-6-11/h1-3,5-6,14H,4,7-10H2,(H,15,16)(H,17,18). The summed E-state index contributed by atoms with van der Waals surface area (Å²) in [7, 11) is 0. The average molecular weight is 250 g/mol. The van der Waals surface area contributed by atoms with Gasteiger partial charge in [-0.15, -0.1) is 0 Å². The van der Waals surface area contributed by atoms with Gasteiger partial charge in [-0.2, -0.15) is 0 Å². The maximum atomic E-state index is 11.1. The predicted molar refractivity (Wildman–Crippen MR) is 68.3 cm³/mol. The largest absolute Gasteiger partial charge is 0.480 e. The molecule has 0 aliphatic heterocycles. The zero-order valence-corrected chi connectivity index (χ0v) is 10.2. The molecule has 1 amide bonds. The number of rotatable bonds is 8. The molecular formula is C13H18N2O3. The van der Waals surface area contributed by atoms with Gasteiger partial charge in [0.15, 0.2) is 0 Å². The molecule has 0 heterocycles. The van der Waals surface area contributed by atoms with Crippen molar-refractivity contribution in [2.24, 2.45) is 0 Å². The Balaban J connectivity index is 2.02.